The van der Waals surface area contributed by atoms with E-state index in [1.807, 2.05) is 12.3 Å². The molecule has 0 spiro atoms. The van der Waals surface area contributed by atoms with Crippen LogP contribution in [0.15, 0.2) is 12.3 Å². The van der Waals surface area contributed by atoms with E-state index in [0.29, 0.717) is 0 Å². The number of morpholine rings is 1. The molecule has 2 heterocycles. The summed E-state index contributed by atoms with van der Waals surface area (Å²) < 4.78 is 5.29. The monoisotopic (exact) mass is 226 g/mol. The molecule has 1 aromatic rings. The average Bonchev–Trinajstić information content (AvgIpc) is 2.30. The number of ether oxygens (including phenoxy) is 1. The quantitative estimate of drug-likeness (QED) is 0.773. The molecule has 0 amide bonds. The van der Waals surface area contributed by atoms with Crippen LogP contribution in [0.5, 0.6) is 0 Å². The fraction of sp³-hybridized carbons (Fsp3) is 0.545. The van der Waals surface area contributed by atoms with Crippen LogP contribution in [0.25, 0.3) is 0 Å². The molecule has 1 aliphatic heterocycles. The highest BCUT2D eigenvalue weighted by molar-refractivity contribution is 6.33. The Labute approximate surface area is 95.0 Å². The lowest BCUT2D eigenvalue weighted by Gasteiger charge is -2.28. The highest BCUT2D eigenvalue weighted by Crippen LogP contribution is 2.24. The van der Waals surface area contributed by atoms with Crippen molar-refractivity contribution in [3.63, 3.8) is 0 Å². The van der Waals surface area contributed by atoms with Gasteiger partial charge in [-0.2, -0.15) is 0 Å². The lowest BCUT2D eigenvalue weighted by atomic mass is 10.2. The van der Waals surface area contributed by atoms with Crippen molar-refractivity contribution in [1.82, 2.24) is 4.98 Å². The molecule has 0 unspecified atom stereocenters. The van der Waals surface area contributed by atoms with Gasteiger partial charge in [-0.25, -0.2) is 4.98 Å². The third-order valence-electron chi connectivity index (χ3n) is 2.60. The summed E-state index contributed by atoms with van der Waals surface area (Å²) in [5.74, 6) is 0.886. The lowest BCUT2D eigenvalue weighted by Crippen LogP contribution is -2.36. The summed E-state index contributed by atoms with van der Waals surface area (Å²) in [6.45, 7) is 5.36. The van der Waals surface area contributed by atoms with Crippen LogP contribution < -0.4 is 4.90 Å². The summed E-state index contributed by atoms with van der Waals surface area (Å²) in [5.41, 5.74) is 1.18. The first-order chi connectivity index (χ1) is 7.31. The molecular weight excluding hydrogens is 212 g/mol. The smallest absolute Gasteiger partial charge is 0.147 e. The van der Waals surface area contributed by atoms with Gasteiger partial charge in [0.15, 0.2) is 0 Å². The molecule has 0 aromatic carbocycles. The molecule has 1 aliphatic rings. The van der Waals surface area contributed by atoms with E-state index in [4.69, 9.17) is 16.3 Å². The van der Waals surface area contributed by atoms with Crippen molar-refractivity contribution in [1.29, 1.82) is 0 Å². The Morgan fingerprint density at radius 3 is 2.80 bits per heavy atom. The minimum absolute atomic E-state index is 0.747. The molecule has 4 heteroatoms. The van der Waals surface area contributed by atoms with E-state index in [2.05, 4.69) is 16.8 Å². The van der Waals surface area contributed by atoms with Crippen LogP contribution in [0.4, 0.5) is 5.82 Å². The molecule has 0 bridgehead atoms. The Morgan fingerprint density at radius 2 is 2.20 bits per heavy atom. The van der Waals surface area contributed by atoms with Crippen molar-refractivity contribution in [3.05, 3.63) is 22.8 Å². The summed E-state index contributed by atoms with van der Waals surface area (Å²) in [6, 6.07) is 2.00. The number of hydrogen-bond donors (Lipinski definition) is 0. The Balaban J connectivity index is 2.19. The molecule has 1 fully saturated rings. The van der Waals surface area contributed by atoms with Gasteiger partial charge < -0.3 is 9.64 Å². The maximum Gasteiger partial charge on any atom is 0.147 e. The molecule has 0 atom stereocenters. The Morgan fingerprint density at radius 1 is 1.47 bits per heavy atom. The first-order valence-corrected chi connectivity index (χ1v) is 5.66. The molecule has 15 heavy (non-hydrogen) atoms. The van der Waals surface area contributed by atoms with Crippen LogP contribution >= 0.6 is 11.6 Å². The molecule has 82 valence electrons. The van der Waals surface area contributed by atoms with Crippen molar-refractivity contribution < 1.29 is 4.74 Å². The van der Waals surface area contributed by atoms with Crippen molar-refractivity contribution in [2.24, 2.45) is 0 Å². The van der Waals surface area contributed by atoms with E-state index in [-0.39, 0.29) is 0 Å². The topological polar surface area (TPSA) is 25.4 Å². The molecule has 1 aromatic heterocycles. The number of aromatic nitrogens is 1. The molecular formula is C11H15ClN2O. The fourth-order valence-corrected chi connectivity index (χ4v) is 1.98. The van der Waals surface area contributed by atoms with Gasteiger partial charge in [-0.3, -0.25) is 0 Å². The second-order valence-electron chi connectivity index (χ2n) is 3.60. The van der Waals surface area contributed by atoms with Gasteiger partial charge in [0.25, 0.3) is 0 Å². The first-order valence-electron chi connectivity index (χ1n) is 5.28. The number of hydrogen-bond acceptors (Lipinski definition) is 3. The predicted molar refractivity (Wildman–Crippen MR) is 61.7 cm³/mol. The summed E-state index contributed by atoms with van der Waals surface area (Å²) in [4.78, 5) is 6.58. The van der Waals surface area contributed by atoms with E-state index >= 15 is 0 Å². The maximum atomic E-state index is 6.20. The summed E-state index contributed by atoms with van der Waals surface area (Å²) in [5, 5.41) is 0.747. The Hall–Kier alpha value is -0.800. The van der Waals surface area contributed by atoms with Gasteiger partial charge in [0, 0.05) is 19.3 Å². The van der Waals surface area contributed by atoms with Gasteiger partial charge in [-0.15, -0.1) is 0 Å². The number of anilines is 1. The molecule has 3 nitrogen and oxygen atoms in total. The highest BCUT2D eigenvalue weighted by Gasteiger charge is 2.15. The third-order valence-corrected chi connectivity index (χ3v) is 2.88. The zero-order chi connectivity index (χ0) is 10.7. The van der Waals surface area contributed by atoms with E-state index in [1.54, 1.807) is 0 Å². The van der Waals surface area contributed by atoms with Gasteiger partial charge in [-0.05, 0) is 18.1 Å². The maximum absolute atomic E-state index is 6.20. The zero-order valence-corrected chi connectivity index (χ0v) is 9.63. The molecule has 0 N–H and O–H groups in total. The van der Waals surface area contributed by atoms with E-state index in [9.17, 15) is 0 Å². The highest BCUT2D eigenvalue weighted by atomic mass is 35.5. The number of aryl methyl sites for hydroxylation is 1. The van der Waals surface area contributed by atoms with Gasteiger partial charge in [-0.1, -0.05) is 18.5 Å². The van der Waals surface area contributed by atoms with Crippen molar-refractivity contribution in [3.8, 4) is 0 Å². The van der Waals surface area contributed by atoms with E-state index < -0.39 is 0 Å². The summed E-state index contributed by atoms with van der Waals surface area (Å²) in [6.07, 6.45) is 2.87. The van der Waals surface area contributed by atoms with Crippen molar-refractivity contribution in [2.75, 3.05) is 31.2 Å². The number of halogens is 1. The molecule has 1 saturated heterocycles. The van der Waals surface area contributed by atoms with E-state index in [1.165, 1.54) is 5.56 Å². The fourth-order valence-electron chi connectivity index (χ4n) is 1.67. The number of rotatable bonds is 2. The van der Waals surface area contributed by atoms with Gasteiger partial charge >= 0.3 is 0 Å². The minimum atomic E-state index is 0.747. The standard InChI is InChI=1S/C11H15ClN2O/c1-2-9-7-10(12)11(13-8-9)14-3-5-15-6-4-14/h7-8H,2-6H2,1H3. The Bertz CT molecular complexity index is 337. The van der Waals surface area contributed by atoms with Crippen LogP contribution in [0, 0.1) is 0 Å². The molecule has 0 radical (unpaired) electrons. The summed E-state index contributed by atoms with van der Waals surface area (Å²) in [7, 11) is 0. The van der Waals surface area contributed by atoms with Crippen LogP contribution in [0.3, 0.4) is 0 Å². The number of pyridine rings is 1. The van der Waals surface area contributed by atoms with E-state index in [0.717, 1.165) is 43.6 Å². The minimum Gasteiger partial charge on any atom is -0.378 e. The van der Waals surface area contributed by atoms with Crippen molar-refractivity contribution in [2.45, 2.75) is 13.3 Å². The van der Waals surface area contributed by atoms with Crippen LogP contribution in [-0.2, 0) is 11.2 Å². The second kappa shape index (κ2) is 4.81. The Kier molecular flexibility index (Phi) is 3.44. The van der Waals surface area contributed by atoms with Gasteiger partial charge in [0.05, 0.1) is 18.2 Å². The molecule has 2 rings (SSSR count). The second-order valence-corrected chi connectivity index (χ2v) is 4.01. The normalized spacial score (nSPS) is 16.8. The first kappa shape index (κ1) is 10.7. The largest absolute Gasteiger partial charge is 0.378 e. The number of nitrogens with zero attached hydrogens (tertiary/aromatic N) is 2. The SMILES string of the molecule is CCc1cnc(N2CCOCC2)c(Cl)c1. The predicted octanol–water partition coefficient (Wildman–Crippen LogP) is 2.13. The van der Waals surface area contributed by atoms with Crippen LogP contribution in [0.2, 0.25) is 5.02 Å². The van der Waals surface area contributed by atoms with Crippen LogP contribution in [0.1, 0.15) is 12.5 Å². The van der Waals surface area contributed by atoms with Gasteiger partial charge in [0.2, 0.25) is 0 Å². The zero-order valence-electron chi connectivity index (χ0n) is 8.87. The third kappa shape index (κ3) is 2.41. The van der Waals surface area contributed by atoms with Crippen molar-refractivity contribution >= 4 is 17.4 Å². The average molecular weight is 227 g/mol. The van der Waals surface area contributed by atoms with Gasteiger partial charge in [0.1, 0.15) is 5.82 Å². The molecule has 0 aliphatic carbocycles. The lowest BCUT2D eigenvalue weighted by molar-refractivity contribution is 0.122. The summed E-state index contributed by atoms with van der Waals surface area (Å²) >= 11 is 6.20. The molecule has 0 saturated carbocycles. The van der Waals surface area contributed by atoms with Crippen LogP contribution in [-0.4, -0.2) is 31.3 Å².